The number of nitrogens with one attached hydrogen (secondary N) is 3. The van der Waals surface area contributed by atoms with Crippen LogP contribution in [0.15, 0.2) is 29.2 Å². The van der Waals surface area contributed by atoms with Crippen molar-refractivity contribution >= 4 is 34.6 Å². The van der Waals surface area contributed by atoms with Gasteiger partial charge in [-0.25, -0.2) is 0 Å². The minimum atomic E-state index is -2.25. The lowest BCUT2D eigenvalue weighted by atomic mass is 10.1. The van der Waals surface area contributed by atoms with Crippen molar-refractivity contribution in [3.63, 3.8) is 0 Å². The molecular formula is C23H34N7O2S-. The molecular weight excluding hydrogens is 438 g/mol. The molecule has 33 heavy (non-hydrogen) atoms. The predicted octanol–water partition coefficient (Wildman–Crippen LogP) is 3.88. The molecule has 1 aliphatic heterocycles. The number of hydrogen-bond donors (Lipinski definition) is 3. The number of nitrogens with zero attached hydrogens (tertiary/aromatic N) is 4. The van der Waals surface area contributed by atoms with Crippen LogP contribution in [-0.4, -0.2) is 60.3 Å². The Hall–Kier alpha value is -2.30. The lowest BCUT2D eigenvalue weighted by Gasteiger charge is -2.23. The average molecular weight is 473 g/mol. The van der Waals surface area contributed by atoms with Crippen LogP contribution in [-0.2, 0) is 11.1 Å². The van der Waals surface area contributed by atoms with Gasteiger partial charge in [0, 0.05) is 29.2 Å². The van der Waals surface area contributed by atoms with E-state index in [1.807, 2.05) is 0 Å². The van der Waals surface area contributed by atoms with Crippen LogP contribution in [0.3, 0.4) is 0 Å². The van der Waals surface area contributed by atoms with Crippen molar-refractivity contribution in [1.29, 1.82) is 0 Å². The predicted molar refractivity (Wildman–Crippen MR) is 131 cm³/mol. The maximum Gasteiger partial charge on any atom is 0.233 e. The van der Waals surface area contributed by atoms with E-state index in [2.05, 4.69) is 42.7 Å². The smallest absolute Gasteiger partial charge is 0.233 e. The van der Waals surface area contributed by atoms with Crippen LogP contribution in [0.4, 0.5) is 23.5 Å². The van der Waals surface area contributed by atoms with E-state index in [0.717, 1.165) is 38.2 Å². The molecule has 1 saturated heterocycles. The molecule has 9 nitrogen and oxygen atoms in total. The molecule has 0 radical (unpaired) electrons. The van der Waals surface area contributed by atoms with E-state index in [1.54, 1.807) is 24.3 Å². The molecule has 180 valence electrons. The molecule has 0 bridgehead atoms. The van der Waals surface area contributed by atoms with Gasteiger partial charge in [0.05, 0.1) is 0 Å². The highest BCUT2D eigenvalue weighted by Gasteiger charge is 2.23. The van der Waals surface area contributed by atoms with Crippen molar-refractivity contribution in [2.24, 2.45) is 0 Å². The van der Waals surface area contributed by atoms with Crippen LogP contribution in [0.25, 0.3) is 0 Å². The first kappa shape index (κ1) is 23.8. The number of anilines is 4. The third-order valence-electron chi connectivity index (χ3n) is 6.53. The highest BCUT2D eigenvalue weighted by atomic mass is 32.2. The molecule has 2 aromatic rings. The molecule has 2 atom stereocenters. The Kier molecular flexibility index (Phi) is 8.46. The van der Waals surface area contributed by atoms with E-state index in [0.29, 0.717) is 29.9 Å². The third-order valence-corrected chi connectivity index (χ3v) is 7.18. The van der Waals surface area contributed by atoms with E-state index < -0.39 is 11.1 Å². The summed E-state index contributed by atoms with van der Waals surface area (Å²) in [7, 11) is 0. The van der Waals surface area contributed by atoms with E-state index in [4.69, 9.17) is 0 Å². The van der Waals surface area contributed by atoms with Gasteiger partial charge in [0.25, 0.3) is 0 Å². The molecule has 1 aromatic heterocycles. The first-order valence-electron chi connectivity index (χ1n) is 12.1. The molecule has 10 heteroatoms. The Morgan fingerprint density at radius 3 is 2.36 bits per heavy atom. The summed E-state index contributed by atoms with van der Waals surface area (Å²) in [4.78, 5) is 16.6. The fourth-order valence-electron chi connectivity index (χ4n) is 4.71. The largest absolute Gasteiger partial charge is 0.768 e. The number of benzene rings is 1. The Morgan fingerprint density at radius 2 is 1.67 bits per heavy atom. The average Bonchev–Trinajstić information content (AvgIpc) is 3.12. The summed E-state index contributed by atoms with van der Waals surface area (Å²) in [6, 6.07) is 7.37. The molecule has 4 rings (SSSR count). The van der Waals surface area contributed by atoms with Crippen LogP contribution < -0.4 is 16.0 Å². The Bertz CT molecular complexity index is 920. The van der Waals surface area contributed by atoms with Crippen LogP contribution in [0.2, 0.25) is 0 Å². The van der Waals surface area contributed by atoms with Crippen LogP contribution >= 0.6 is 0 Å². The van der Waals surface area contributed by atoms with Gasteiger partial charge >= 0.3 is 0 Å². The molecule has 2 aliphatic rings. The van der Waals surface area contributed by atoms with Crippen molar-refractivity contribution in [1.82, 2.24) is 19.9 Å². The zero-order chi connectivity index (χ0) is 23.0. The molecule has 0 amide bonds. The second-order valence-electron chi connectivity index (χ2n) is 8.83. The van der Waals surface area contributed by atoms with Crippen LogP contribution in [0.5, 0.6) is 0 Å². The maximum atomic E-state index is 11.1. The summed E-state index contributed by atoms with van der Waals surface area (Å²) in [6.45, 7) is 5.19. The van der Waals surface area contributed by atoms with Gasteiger partial charge in [0.1, 0.15) is 0 Å². The summed E-state index contributed by atoms with van der Waals surface area (Å²) in [5.74, 6) is 1.54. The summed E-state index contributed by atoms with van der Waals surface area (Å²) < 4.78 is 22.3. The Labute approximate surface area is 198 Å². The van der Waals surface area contributed by atoms with E-state index >= 15 is 0 Å². The number of likely N-dealkylation sites (N-methyl/N-ethyl adjacent to an activating group) is 1. The minimum Gasteiger partial charge on any atom is -0.768 e. The minimum absolute atomic E-state index is 0.242. The standard InChI is InChI=1S/C23H35N7O2S/c1-2-30-15-7-10-19(30)16-24-21-27-22(25-17-8-5-3-4-6-9-17)29-23(28-21)26-18-11-13-20(14-12-18)33(31)32/h11-14,17,19H,2-10,15-16H2,1H3,(H,31,32)(H3,24,25,26,27,28,29)/p-1. The molecule has 1 aromatic carbocycles. The van der Waals surface area contributed by atoms with Crippen LogP contribution in [0.1, 0.15) is 58.3 Å². The van der Waals surface area contributed by atoms with Gasteiger partial charge in [-0.1, -0.05) is 32.6 Å². The summed E-state index contributed by atoms with van der Waals surface area (Å²) in [5, 5.41) is 10.1. The number of aromatic nitrogens is 3. The lowest BCUT2D eigenvalue weighted by molar-refractivity contribution is 0.277. The summed E-state index contributed by atoms with van der Waals surface area (Å²) in [5.41, 5.74) is 0.717. The van der Waals surface area contributed by atoms with Gasteiger partial charge < -0.3 is 20.5 Å². The van der Waals surface area contributed by atoms with E-state index in [1.165, 1.54) is 38.5 Å². The first-order chi connectivity index (χ1) is 16.1. The molecule has 1 aliphatic carbocycles. The van der Waals surface area contributed by atoms with Crippen molar-refractivity contribution in [2.75, 3.05) is 35.6 Å². The number of rotatable bonds is 9. The second-order valence-corrected chi connectivity index (χ2v) is 9.77. The second kappa shape index (κ2) is 11.7. The summed E-state index contributed by atoms with van der Waals surface area (Å²) >= 11 is -2.25. The molecule has 2 fully saturated rings. The van der Waals surface area contributed by atoms with E-state index in [-0.39, 0.29) is 4.90 Å². The van der Waals surface area contributed by atoms with Crippen molar-refractivity contribution in [2.45, 2.75) is 75.3 Å². The SMILES string of the molecule is CCN1CCCC1CNc1nc(Nc2ccc(S(=O)[O-])cc2)nc(NC2CCCCCC2)n1. The lowest BCUT2D eigenvalue weighted by Crippen LogP contribution is -2.35. The molecule has 0 spiro atoms. The zero-order valence-corrected chi connectivity index (χ0v) is 20.1. The van der Waals surface area contributed by atoms with Crippen molar-refractivity contribution < 1.29 is 8.76 Å². The van der Waals surface area contributed by atoms with Crippen molar-refractivity contribution in [3.8, 4) is 0 Å². The number of likely N-dealkylation sites (tertiary alicyclic amines) is 1. The monoisotopic (exact) mass is 472 g/mol. The first-order valence-corrected chi connectivity index (χ1v) is 13.1. The highest BCUT2D eigenvalue weighted by Crippen LogP contribution is 2.23. The fourth-order valence-corrected chi connectivity index (χ4v) is 5.07. The fraction of sp³-hybridized carbons (Fsp3) is 0.609. The zero-order valence-electron chi connectivity index (χ0n) is 19.3. The van der Waals surface area contributed by atoms with Gasteiger partial charge in [-0.3, -0.25) is 9.11 Å². The maximum absolute atomic E-state index is 11.1. The molecule has 1 saturated carbocycles. The summed E-state index contributed by atoms with van der Waals surface area (Å²) in [6.07, 6.45) is 9.67. The number of hydrogen-bond acceptors (Lipinski definition) is 9. The van der Waals surface area contributed by atoms with Gasteiger partial charge in [-0.15, -0.1) is 0 Å². The highest BCUT2D eigenvalue weighted by molar-refractivity contribution is 7.79. The van der Waals surface area contributed by atoms with Crippen LogP contribution in [0, 0.1) is 0 Å². The van der Waals surface area contributed by atoms with E-state index in [9.17, 15) is 8.76 Å². The quantitative estimate of drug-likeness (QED) is 0.369. The van der Waals surface area contributed by atoms with Gasteiger partial charge in [0.2, 0.25) is 17.8 Å². The molecule has 2 heterocycles. The van der Waals surface area contributed by atoms with Crippen molar-refractivity contribution in [3.05, 3.63) is 24.3 Å². The Morgan fingerprint density at radius 1 is 0.970 bits per heavy atom. The third kappa shape index (κ3) is 6.84. The molecule has 2 unspecified atom stereocenters. The van der Waals surface area contributed by atoms with Gasteiger partial charge in [0.15, 0.2) is 0 Å². The van der Waals surface area contributed by atoms with Gasteiger partial charge in [-0.05, 0) is 74.1 Å². The van der Waals surface area contributed by atoms with Gasteiger partial charge in [-0.2, -0.15) is 15.0 Å². The topological polar surface area (TPSA) is 118 Å². The normalized spacial score (nSPS) is 20.8. The molecule has 3 N–H and O–H groups in total. The Balaban J connectivity index is 1.50.